The van der Waals surface area contributed by atoms with E-state index in [0.29, 0.717) is 12.0 Å². The summed E-state index contributed by atoms with van der Waals surface area (Å²) in [7, 11) is 0. The van der Waals surface area contributed by atoms with Crippen molar-refractivity contribution in [3.05, 3.63) is 18.0 Å². The fraction of sp³-hybridized carbons (Fsp3) is 0. The number of nitrogens with one attached hydrogen (secondary N) is 1. The number of hydrogen-bond donors (Lipinski definition) is 2. The Balaban J connectivity index is 0.000000640. The first-order valence-corrected chi connectivity index (χ1v) is 2.15. The van der Waals surface area contributed by atoms with Crippen molar-refractivity contribution in [2.75, 3.05) is 0 Å². The average Bonchev–Trinajstić information content (AvgIpc) is 2.14. The topological polar surface area (TPSA) is 53.1 Å². The van der Waals surface area contributed by atoms with Gasteiger partial charge in [-0.15, -0.1) is 0 Å². The fourth-order valence-electron chi connectivity index (χ4n) is 0.468. The summed E-state index contributed by atoms with van der Waals surface area (Å²) in [5.41, 5.74) is 0.391. The van der Waals surface area contributed by atoms with Crippen LogP contribution in [0.1, 0.15) is 10.5 Å². The molecule has 0 radical (unpaired) electrons. The van der Waals surface area contributed by atoms with Gasteiger partial charge >= 0.3 is 51.4 Å². The minimum absolute atomic E-state index is 0. The summed E-state index contributed by atoms with van der Waals surface area (Å²) in [5.74, 6) is 0.0899. The first-order chi connectivity index (χ1) is 3.83. The van der Waals surface area contributed by atoms with E-state index in [1.807, 2.05) is 0 Å². The van der Waals surface area contributed by atoms with Gasteiger partial charge in [0.15, 0.2) is 6.29 Å². The van der Waals surface area contributed by atoms with Gasteiger partial charge in [0.2, 0.25) is 0 Å². The van der Waals surface area contributed by atoms with Crippen molar-refractivity contribution in [1.82, 2.24) is 4.98 Å². The zero-order valence-electron chi connectivity index (χ0n) is 4.09. The van der Waals surface area contributed by atoms with E-state index < -0.39 is 0 Å². The summed E-state index contributed by atoms with van der Waals surface area (Å²) in [5, 5.41) is 8.59. The molecular weight excluding hydrogens is 145 g/mol. The number of carbonyl (C=O) groups is 1. The predicted molar refractivity (Wildman–Crippen MR) is 35.0 cm³/mol. The number of carbonyl (C=O) groups excluding carboxylic acids is 1. The molecule has 0 fully saturated rings. The van der Waals surface area contributed by atoms with E-state index in [1.54, 1.807) is 0 Å². The van der Waals surface area contributed by atoms with E-state index in [9.17, 15) is 4.79 Å². The van der Waals surface area contributed by atoms with Gasteiger partial charge < -0.3 is 10.1 Å². The van der Waals surface area contributed by atoms with E-state index in [0.717, 1.165) is 0 Å². The van der Waals surface area contributed by atoms with Crippen molar-refractivity contribution in [2.24, 2.45) is 0 Å². The van der Waals surface area contributed by atoms with Crippen LogP contribution in [0.2, 0.25) is 0 Å². The molecule has 3 nitrogen and oxygen atoms in total. The van der Waals surface area contributed by atoms with E-state index in [1.165, 1.54) is 12.3 Å². The molecule has 1 aromatic rings. The van der Waals surface area contributed by atoms with Gasteiger partial charge in [-0.05, 0) is 0 Å². The molecule has 0 aliphatic rings. The van der Waals surface area contributed by atoms with Crippen LogP contribution in [0.15, 0.2) is 12.3 Å². The number of aldehydes is 1. The Labute approximate surface area is 94.9 Å². The minimum atomic E-state index is 0. The van der Waals surface area contributed by atoms with Crippen molar-refractivity contribution in [1.29, 1.82) is 0 Å². The van der Waals surface area contributed by atoms with Crippen LogP contribution in [0.25, 0.3) is 0 Å². The number of aromatic nitrogens is 1. The van der Waals surface area contributed by atoms with Gasteiger partial charge in [-0.3, -0.25) is 4.79 Å². The standard InChI is InChI=1S/C5H5NO2.K.H/c7-3-4-1-5(8)2-6-4;;/h1-3,6,8H;;. The SMILES string of the molecule is O=Cc1cc(O)c[nH]1.[KH]. The maximum atomic E-state index is 9.88. The van der Waals surface area contributed by atoms with E-state index in [-0.39, 0.29) is 57.1 Å². The molecule has 0 aromatic carbocycles. The Hall–Kier alpha value is 0.386. The van der Waals surface area contributed by atoms with E-state index in [2.05, 4.69) is 4.98 Å². The predicted octanol–water partition coefficient (Wildman–Crippen LogP) is -0.116. The van der Waals surface area contributed by atoms with Crippen molar-refractivity contribution < 1.29 is 9.90 Å². The number of aromatic hydroxyl groups is 1. The van der Waals surface area contributed by atoms with Crippen LogP contribution in [-0.2, 0) is 0 Å². The van der Waals surface area contributed by atoms with Crippen LogP contribution in [0.3, 0.4) is 0 Å². The van der Waals surface area contributed by atoms with Gasteiger partial charge in [-0.2, -0.15) is 0 Å². The molecular formula is C5H6KNO2. The molecule has 44 valence electrons. The molecule has 0 atom stereocenters. The number of rotatable bonds is 1. The third-order valence-electron chi connectivity index (χ3n) is 0.817. The molecule has 4 heteroatoms. The van der Waals surface area contributed by atoms with Crippen molar-refractivity contribution in [3.8, 4) is 5.75 Å². The summed E-state index contributed by atoms with van der Waals surface area (Å²) in [6.45, 7) is 0. The molecule has 1 aromatic heterocycles. The molecule has 0 unspecified atom stereocenters. The summed E-state index contributed by atoms with van der Waals surface area (Å²) >= 11 is 0. The summed E-state index contributed by atoms with van der Waals surface area (Å²) in [6, 6.07) is 1.35. The quantitative estimate of drug-likeness (QED) is 0.434. The van der Waals surface area contributed by atoms with Crippen LogP contribution in [0.5, 0.6) is 5.75 Å². The molecule has 0 saturated carbocycles. The third kappa shape index (κ3) is 2.64. The van der Waals surface area contributed by atoms with Crippen LogP contribution in [0.4, 0.5) is 0 Å². The monoisotopic (exact) mass is 151 g/mol. The fourth-order valence-corrected chi connectivity index (χ4v) is 0.468. The molecule has 1 rings (SSSR count). The second-order valence-corrected chi connectivity index (χ2v) is 1.43. The van der Waals surface area contributed by atoms with Crippen LogP contribution >= 0.6 is 0 Å². The maximum absolute atomic E-state index is 9.88. The van der Waals surface area contributed by atoms with Crippen molar-refractivity contribution >= 4 is 57.7 Å². The zero-order chi connectivity index (χ0) is 5.98. The second-order valence-electron chi connectivity index (χ2n) is 1.43. The van der Waals surface area contributed by atoms with Crippen LogP contribution < -0.4 is 0 Å². The van der Waals surface area contributed by atoms with Gasteiger partial charge in [0.25, 0.3) is 0 Å². The molecule has 0 spiro atoms. The molecule has 0 saturated heterocycles. The number of hydrogen-bond acceptors (Lipinski definition) is 2. The van der Waals surface area contributed by atoms with Crippen LogP contribution in [0, 0.1) is 0 Å². The summed E-state index contributed by atoms with van der Waals surface area (Å²) in [4.78, 5) is 12.4. The van der Waals surface area contributed by atoms with Crippen molar-refractivity contribution in [3.63, 3.8) is 0 Å². The molecule has 1 heterocycles. The first-order valence-electron chi connectivity index (χ1n) is 2.15. The average molecular weight is 151 g/mol. The summed E-state index contributed by atoms with van der Waals surface area (Å²) in [6.07, 6.45) is 1.99. The van der Waals surface area contributed by atoms with Crippen LogP contribution in [-0.4, -0.2) is 67.8 Å². The molecule has 0 aliphatic heterocycles. The number of aromatic amines is 1. The Morgan fingerprint density at radius 3 is 2.56 bits per heavy atom. The van der Waals surface area contributed by atoms with E-state index >= 15 is 0 Å². The molecule has 2 N–H and O–H groups in total. The molecule has 0 amide bonds. The summed E-state index contributed by atoms with van der Waals surface area (Å²) < 4.78 is 0. The molecule has 0 aliphatic carbocycles. The Kier molecular flexibility index (Phi) is 4.42. The molecule has 0 bridgehead atoms. The van der Waals surface area contributed by atoms with E-state index in [4.69, 9.17) is 5.11 Å². The Morgan fingerprint density at radius 2 is 2.33 bits per heavy atom. The van der Waals surface area contributed by atoms with Crippen molar-refractivity contribution in [2.45, 2.75) is 0 Å². The van der Waals surface area contributed by atoms with Gasteiger partial charge in [-0.25, -0.2) is 0 Å². The first kappa shape index (κ1) is 9.39. The normalized spacial score (nSPS) is 8.00. The molecule has 9 heavy (non-hydrogen) atoms. The third-order valence-corrected chi connectivity index (χ3v) is 0.817. The second kappa shape index (κ2) is 4.24. The van der Waals surface area contributed by atoms with Gasteiger partial charge in [-0.1, -0.05) is 0 Å². The van der Waals surface area contributed by atoms with Gasteiger partial charge in [0.1, 0.15) is 5.75 Å². The zero-order valence-corrected chi connectivity index (χ0v) is 4.09. The van der Waals surface area contributed by atoms with Gasteiger partial charge in [0, 0.05) is 12.3 Å². The Bertz CT molecular complexity index is 197. The number of H-pyrrole nitrogens is 1. The van der Waals surface area contributed by atoms with Gasteiger partial charge in [0.05, 0.1) is 5.69 Å². The Morgan fingerprint density at radius 1 is 1.67 bits per heavy atom.